The second-order valence-electron chi connectivity index (χ2n) is 4.77. The van der Waals surface area contributed by atoms with Crippen molar-refractivity contribution < 1.29 is 31.4 Å². The van der Waals surface area contributed by atoms with Gasteiger partial charge < -0.3 is 5.11 Å². The Hall–Kier alpha value is -1.54. The average molecular weight is 399 g/mol. The molecule has 2 aromatic rings. The summed E-state index contributed by atoms with van der Waals surface area (Å²) in [5.41, 5.74) is -6.35. The number of halogens is 7. The van der Waals surface area contributed by atoms with Crippen molar-refractivity contribution in [3.05, 3.63) is 69.7 Å². The van der Waals surface area contributed by atoms with Gasteiger partial charge in [-0.25, -0.2) is 0 Å². The smallest absolute Gasteiger partial charge is 0.372 e. The van der Waals surface area contributed by atoms with Gasteiger partial charge in [-0.2, -0.15) is 26.3 Å². The normalized spacial score (nSPS) is 15.3. The Balaban J connectivity index is 2.74. The fraction of sp³-hybridized carbons (Fsp3) is 0.200. The molecule has 124 valence electrons. The van der Waals surface area contributed by atoms with Crippen molar-refractivity contribution in [3.63, 3.8) is 0 Å². The third kappa shape index (κ3) is 3.23. The number of hydrogen-bond donors (Lipinski definition) is 1. The molecule has 0 saturated carbocycles. The summed E-state index contributed by atoms with van der Waals surface area (Å²) in [5, 5.41) is 10.3. The van der Waals surface area contributed by atoms with E-state index >= 15 is 0 Å². The molecule has 0 aliphatic carbocycles. The molecule has 1 unspecified atom stereocenters. The zero-order valence-electron chi connectivity index (χ0n) is 11.2. The molecule has 8 heteroatoms. The highest BCUT2D eigenvalue weighted by Gasteiger charge is 2.57. The number of aliphatic hydroxyl groups is 1. The molecule has 1 N–H and O–H groups in total. The molecule has 0 amide bonds. The summed E-state index contributed by atoms with van der Waals surface area (Å²) in [7, 11) is 0. The van der Waals surface area contributed by atoms with E-state index in [4.69, 9.17) is 0 Å². The third-order valence-electron chi connectivity index (χ3n) is 3.28. The van der Waals surface area contributed by atoms with Crippen molar-refractivity contribution in [2.45, 2.75) is 18.0 Å². The fourth-order valence-corrected chi connectivity index (χ4v) is 2.72. The molecule has 0 fully saturated rings. The van der Waals surface area contributed by atoms with Crippen LogP contribution in [0.3, 0.4) is 0 Å². The third-order valence-corrected chi connectivity index (χ3v) is 3.97. The quantitative estimate of drug-likeness (QED) is 0.683. The van der Waals surface area contributed by atoms with Gasteiger partial charge in [-0.3, -0.25) is 0 Å². The summed E-state index contributed by atoms with van der Waals surface area (Å²) in [4.78, 5) is 0. The molecule has 2 rings (SSSR count). The van der Waals surface area contributed by atoms with E-state index in [-0.39, 0.29) is 4.47 Å². The van der Waals surface area contributed by atoms with Crippen LogP contribution >= 0.6 is 15.9 Å². The van der Waals surface area contributed by atoms with Crippen LogP contribution < -0.4 is 0 Å². The molecule has 0 heterocycles. The Morgan fingerprint density at radius 2 is 1.35 bits per heavy atom. The Morgan fingerprint density at radius 1 is 0.783 bits per heavy atom. The summed E-state index contributed by atoms with van der Waals surface area (Å²) < 4.78 is 78.8. The summed E-state index contributed by atoms with van der Waals surface area (Å²) >= 11 is 2.90. The van der Waals surface area contributed by atoms with Crippen LogP contribution in [-0.2, 0) is 11.8 Å². The first-order valence-electron chi connectivity index (χ1n) is 6.20. The van der Waals surface area contributed by atoms with E-state index in [1.54, 1.807) is 0 Å². The van der Waals surface area contributed by atoms with Crippen LogP contribution in [0.1, 0.15) is 16.7 Å². The lowest BCUT2D eigenvalue weighted by Gasteiger charge is -2.32. The number of rotatable bonds is 2. The molecule has 0 bridgehead atoms. The molecule has 1 nitrogen and oxygen atoms in total. The Kier molecular flexibility index (Phi) is 4.51. The highest BCUT2D eigenvalue weighted by Crippen LogP contribution is 2.47. The first-order chi connectivity index (χ1) is 10.5. The monoisotopic (exact) mass is 398 g/mol. The first kappa shape index (κ1) is 17.8. The fourth-order valence-electron chi connectivity index (χ4n) is 2.15. The predicted octanol–water partition coefficient (Wildman–Crippen LogP) is 5.27. The lowest BCUT2D eigenvalue weighted by atomic mass is 9.85. The van der Waals surface area contributed by atoms with E-state index in [1.165, 1.54) is 18.2 Å². The van der Waals surface area contributed by atoms with Gasteiger partial charge in [0.15, 0.2) is 0 Å². The van der Waals surface area contributed by atoms with Crippen LogP contribution in [0.4, 0.5) is 26.3 Å². The van der Waals surface area contributed by atoms with Crippen molar-refractivity contribution in [1.82, 2.24) is 0 Å². The molecule has 0 aliphatic rings. The highest BCUT2D eigenvalue weighted by atomic mass is 79.9. The molecule has 0 saturated heterocycles. The Morgan fingerprint density at radius 3 is 1.87 bits per heavy atom. The maximum atomic E-state index is 13.5. The van der Waals surface area contributed by atoms with Gasteiger partial charge in [-0.15, -0.1) is 0 Å². The molecular weight excluding hydrogens is 390 g/mol. The molecule has 2 aromatic carbocycles. The predicted molar refractivity (Wildman–Crippen MR) is 74.6 cm³/mol. The second kappa shape index (κ2) is 5.83. The van der Waals surface area contributed by atoms with Crippen LogP contribution in [0.25, 0.3) is 0 Å². The van der Waals surface area contributed by atoms with E-state index in [9.17, 15) is 31.4 Å². The van der Waals surface area contributed by atoms with Crippen molar-refractivity contribution >= 4 is 15.9 Å². The molecule has 23 heavy (non-hydrogen) atoms. The number of benzene rings is 2. The van der Waals surface area contributed by atoms with Crippen LogP contribution in [0.5, 0.6) is 0 Å². The zero-order valence-corrected chi connectivity index (χ0v) is 12.8. The Bertz CT molecular complexity index is 710. The second-order valence-corrected chi connectivity index (χ2v) is 5.62. The molecule has 0 spiro atoms. The van der Waals surface area contributed by atoms with Crippen molar-refractivity contribution in [2.75, 3.05) is 0 Å². The summed E-state index contributed by atoms with van der Waals surface area (Å²) in [6.45, 7) is 0. The van der Waals surface area contributed by atoms with E-state index in [0.29, 0.717) is 12.1 Å². The summed E-state index contributed by atoms with van der Waals surface area (Å²) in [6.07, 6.45) is -10.0. The standard InChI is InChI=1S/C15H9BrF6O/c16-12-7-2-1-6-11(12)13(23,15(20,21)22)9-4-3-5-10(8-9)14(17,18)19/h1-8,23H. The van der Waals surface area contributed by atoms with Gasteiger partial charge in [-0.1, -0.05) is 46.3 Å². The molecule has 0 aromatic heterocycles. The van der Waals surface area contributed by atoms with Gasteiger partial charge in [0.2, 0.25) is 5.60 Å². The van der Waals surface area contributed by atoms with Gasteiger partial charge in [0, 0.05) is 10.0 Å². The van der Waals surface area contributed by atoms with Gasteiger partial charge in [0.05, 0.1) is 5.56 Å². The maximum absolute atomic E-state index is 13.5. The van der Waals surface area contributed by atoms with Crippen LogP contribution in [-0.4, -0.2) is 11.3 Å². The minimum absolute atomic E-state index is 0.0720. The van der Waals surface area contributed by atoms with Crippen molar-refractivity contribution in [2.24, 2.45) is 0 Å². The largest absolute Gasteiger partial charge is 0.425 e. The minimum atomic E-state index is -5.22. The topological polar surface area (TPSA) is 20.2 Å². The molecule has 0 aliphatic heterocycles. The molecular formula is C15H9BrF6O. The van der Waals surface area contributed by atoms with Gasteiger partial charge in [0.25, 0.3) is 0 Å². The average Bonchev–Trinajstić information content (AvgIpc) is 2.45. The minimum Gasteiger partial charge on any atom is -0.372 e. The van der Waals surface area contributed by atoms with Gasteiger partial charge in [-0.05, 0) is 23.8 Å². The molecule has 1 atom stereocenters. The highest BCUT2D eigenvalue weighted by molar-refractivity contribution is 9.10. The van der Waals surface area contributed by atoms with Gasteiger partial charge in [0.1, 0.15) is 0 Å². The lowest BCUT2D eigenvalue weighted by Crippen LogP contribution is -2.43. The van der Waals surface area contributed by atoms with E-state index < -0.39 is 34.6 Å². The Labute approximate surface area is 135 Å². The van der Waals surface area contributed by atoms with Crippen LogP contribution in [0.2, 0.25) is 0 Å². The number of hydrogen-bond acceptors (Lipinski definition) is 1. The SMILES string of the molecule is OC(c1cccc(C(F)(F)F)c1)(c1ccccc1Br)C(F)(F)F. The molecule has 0 radical (unpaired) electrons. The first-order valence-corrected chi connectivity index (χ1v) is 6.99. The lowest BCUT2D eigenvalue weighted by molar-refractivity contribution is -0.248. The van der Waals surface area contributed by atoms with E-state index in [1.807, 2.05) is 0 Å². The van der Waals surface area contributed by atoms with Crippen molar-refractivity contribution in [3.8, 4) is 0 Å². The van der Waals surface area contributed by atoms with Crippen LogP contribution in [0.15, 0.2) is 53.0 Å². The maximum Gasteiger partial charge on any atom is 0.425 e. The van der Waals surface area contributed by atoms with Gasteiger partial charge >= 0.3 is 12.4 Å². The van der Waals surface area contributed by atoms with E-state index in [0.717, 1.165) is 18.2 Å². The van der Waals surface area contributed by atoms with Crippen molar-refractivity contribution in [1.29, 1.82) is 0 Å². The van der Waals surface area contributed by atoms with E-state index in [2.05, 4.69) is 15.9 Å². The number of alkyl halides is 6. The van der Waals surface area contributed by atoms with Crippen LogP contribution in [0, 0.1) is 0 Å². The summed E-state index contributed by atoms with van der Waals surface area (Å²) in [5.74, 6) is 0. The summed E-state index contributed by atoms with van der Waals surface area (Å²) in [6, 6.07) is 7.51. The zero-order chi connectivity index (χ0) is 17.5.